The highest BCUT2D eigenvalue weighted by atomic mass is 32.2. The van der Waals surface area contributed by atoms with E-state index in [2.05, 4.69) is 0 Å². The van der Waals surface area contributed by atoms with Gasteiger partial charge in [0.2, 0.25) is 10.0 Å². The van der Waals surface area contributed by atoms with Crippen LogP contribution in [0.3, 0.4) is 0 Å². The normalized spacial score (nSPS) is 22.0. The molecular formula is C13H19NO3S. The van der Waals surface area contributed by atoms with Crippen molar-refractivity contribution >= 4 is 10.0 Å². The molecule has 0 saturated carbocycles. The van der Waals surface area contributed by atoms with Crippen LogP contribution >= 0.6 is 0 Å². The molecule has 18 heavy (non-hydrogen) atoms. The molecule has 1 atom stereocenters. The van der Waals surface area contributed by atoms with Crippen molar-refractivity contribution in [2.75, 3.05) is 13.1 Å². The number of aryl methyl sites for hydroxylation is 1. The second-order valence-corrected chi connectivity index (χ2v) is 6.87. The molecule has 0 aliphatic carbocycles. The number of piperidine rings is 1. The third-order valence-electron chi connectivity index (χ3n) is 3.18. The maximum atomic E-state index is 12.2. The Kier molecular flexibility index (Phi) is 4.04. The van der Waals surface area contributed by atoms with E-state index in [0.717, 1.165) is 17.5 Å². The quantitative estimate of drug-likeness (QED) is 0.899. The number of hydrogen-bond donors (Lipinski definition) is 1. The highest BCUT2D eigenvalue weighted by Gasteiger charge is 2.27. The van der Waals surface area contributed by atoms with Crippen LogP contribution in [0.5, 0.6) is 0 Å². The van der Waals surface area contributed by atoms with E-state index in [1.165, 1.54) is 4.31 Å². The summed E-state index contributed by atoms with van der Waals surface area (Å²) >= 11 is 0. The highest BCUT2D eigenvalue weighted by molar-refractivity contribution is 7.88. The molecule has 1 aliphatic rings. The van der Waals surface area contributed by atoms with Gasteiger partial charge in [0, 0.05) is 13.1 Å². The van der Waals surface area contributed by atoms with E-state index in [1.807, 2.05) is 31.2 Å². The fraction of sp³-hybridized carbons (Fsp3) is 0.538. The number of hydrogen-bond acceptors (Lipinski definition) is 3. The fourth-order valence-electron chi connectivity index (χ4n) is 2.28. The highest BCUT2D eigenvalue weighted by Crippen LogP contribution is 2.18. The molecule has 0 radical (unpaired) electrons. The zero-order valence-corrected chi connectivity index (χ0v) is 11.4. The molecule has 0 spiro atoms. The van der Waals surface area contributed by atoms with Gasteiger partial charge in [-0.2, -0.15) is 4.31 Å². The Bertz CT molecular complexity index is 513. The van der Waals surface area contributed by atoms with E-state index < -0.39 is 16.1 Å². The summed E-state index contributed by atoms with van der Waals surface area (Å²) in [7, 11) is -3.31. The number of β-amino-alcohol motifs (C(OH)–C–C–N with tert-alkyl or cyclic N) is 1. The standard InChI is InChI=1S/C13H19NO3S/c1-11-4-2-5-12(8-11)10-18(16,17)14-7-3-6-13(15)9-14/h2,4-5,8,13,15H,3,6-7,9-10H2,1H3. The van der Waals surface area contributed by atoms with Crippen LogP contribution in [0, 0.1) is 6.92 Å². The van der Waals surface area contributed by atoms with Crippen molar-refractivity contribution in [3.05, 3.63) is 35.4 Å². The van der Waals surface area contributed by atoms with E-state index in [1.54, 1.807) is 0 Å². The van der Waals surface area contributed by atoms with Crippen molar-refractivity contribution < 1.29 is 13.5 Å². The summed E-state index contributed by atoms with van der Waals surface area (Å²) in [5, 5.41) is 9.55. The molecule has 5 heteroatoms. The van der Waals surface area contributed by atoms with Crippen molar-refractivity contribution in [2.45, 2.75) is 31.6 Å². The van der Waals surface area contributed by atoms with Crippen LogP contribution in [0.1, 0.15) is 24.0 Å². The maximum absolute atomic E-state index is 12.2. The van der Waals surface area contributed by atoms with Gasteiger partial charge in [-0.3, -0.25) is 0 Å². The average molecular weight is 269 g/mol. The molecule has 0 amide bonds. The van der Waals surface area contributed by atoms with Crippen LogP contribution in [0.2, 0.25) is 0 Å². The number of rotatable bonds is 3. The van der Waals surface area contributed by atoms with Crippen LogP contribution in [0.25, 0.3) is 0 Å². The Labute approximate surface area is 108 Å². The Morgan fingerprint density at radius 1 is 1.44 bits per heavy atom. The minimum absolute atomic E-state index is 0.0153. The molecule has 4 nitrogen and oxygen atoms in total. The summed E-state index contributed by atoms with van der Waals surface area (Å²) in [6.07, 6.45) is 0.899. The number of sulfonamides is 1. The lowest BCUT2D eigenvalue weighted by Gasteiger charge is -2.29. The van der Waals surface area contributed by atoms with Crippen molar-refractivity contribution in [2.24, 2.45) is 0 Å². The SMILES string of the molecule is Cc1cccc(CS(=O)(=O)N2CCCC(O)C2)c1. The van der Waals surface area contributed by atoms with Crippen LogP contribution in [0.15, 0.2) is 24.3 Å². The van der Waals surface area contributed by atoms with Gasteiger partial charge in [-0.15, -0.1) is 0 Å². The predicted molar refractivity (Wildman–Crippen MR) is 70.6 cm³/mol. The molecule has 1 aliphatic heterocycles. The summed E-state index contributed by atoms with van der Waals surface area (Å²) in [5.41, 5.74) is 1.86. The van der Waals surface area contributed by atoms with Gasteiger partial charge in [0.05, 0.1) is 11.9 Å². The maximum Gasteiger partial charge on any atom is 0.218 e. The van der Waals surface area contributed by atoms with Gasteiger partial charge in [0.1, 0.15) is 0 Å². The van der Waals surface area contributed by atoms with Crippen molar-refractivity contribution in [1.82, 2.24) is 4.31 Å². The van der Waals surface area contributed by atoms with Crippen LogP contribution in [-0.4, -0.2) is 37.0 Å². The summed E-state index contributed by atoms with van der Waals surface area (Å²) in [6.45, 7) is 2.69. The van der Waals surface area contributed by atoms with E-state index in [9.17, 15) is 13.5 Å². The number of aliphatic hydroxyl groups excluding tert-OH is 1. The van der Waals surface area contributed by atoms with Gasteiger partial charge in [-0.05, 0) is 25.3 Å². The first-order valence-electron chi connectivity index (χ1n) is 6.19. The van der Waals surface area contributed by atoms with Gasteiger partial charge in [0.25, 0.3) is 0 Å². The molecule has 100 valence electrons. The van der Waals surface area contributed by atoms with E-state index in [-0.39, 0.29) is 12.3 Å². The second kappa shape index (κ2) is 5.38. The average Bonchev–Trinajstić information content (AvgIpc) is 2.28. The number of nitrogens with zero attached hydrogens (tertiary/aromatic N) is 1. The molecule has 1 fully saturated rings. The molecule has 1 unspecified atom stereocenters. The molecule has 2 rings (SSSR count). The second-order valence-electron chi connectivity index (χ2n) is 4.90. The third-order valence-corrected chi connectivity index (χ3v) is 5.00. The Morgan fingerprint density at radius 2 is 2.22 bits per heavy atom. The van der Waals surface area contributed by atoms with Crippen LogP contribution < -0.4 is 0 Å². The minimum Gasteiger partial charge on any atom is -0.392 e. The molecule has 0 aromatic heterocycles. The van der Waals surface area contributed by atoms with Crippen molar-refractivity contribution in [1.29, 1.82) is 0 Å². The lowest BCUT2D eigenvalue weighted by molar-refractivity contribution is 0.108. The summed E-state index contributed by atoms with van der Waals surface area (Å²) < 4.78 is 25.9. The number of benzene rings is 1. The third kappa shape index (κ3) is 3.31. The Hall–Kier alpha value is -0.910. The first kappa shape index (κ1) is 13.5. The monoisotopic (exact) mass is 269 g/mol. The largest absolute Gasteiger partial charge is 0.392 e. The topological polar surface area (TPSA) is 57.6 Å². The molecule has 1 saturated heterocycles. The smallest absolute Gasteiger partial charge is 0.218 e. The summed E-state index contributed by atoms with van der Waals surface area (Å²) in [4.78, 5) is 0. The number of aliphatic hydroxyl groups is 1. The molecule has 1 aromatic carbocycles. The van der Waals surface area contributed by atoms with Gasteiger partial charge in [0.15, 0.2) is 0 Å². The lowest BCUT2D eigenvalue weighted by Crippen LogP contribution is -2.42. The van der Waals surface area contributed by atoms with Crippen LogP contribution in [-0.2, 0) is 15.8 Å². The fourth-order valence-corrected chi connectivity index (χ4v) is 3.87. The molecule has 1 heterocycles. The van der Waals surface area contributed by atoms with E-state index in [0.29, 0.717) is 13.0 Å². The first-order chi connectivity index (χ1) is 8.47. The van der Waals surface area contributed by atoms with Gasteiger partial charge < -0.3 is 5.11 Å². The van der Waals surface area contributed by atoms with E-state index in [4.69, 9.17) is 0 Å². The Balaban J connectivity index is 2.11. The summed E-state index contributed by atoms with van der Waals surface area (Å²) in [6, 6.07) is 7.52. The van der Waals surface area contributed by atoms with Gasteiger partial charge >= 0.3 is 0 Å². The molecule has 1 aromatic rings. The molecule has 0 bridgehead atoms. The Morgan fingerprint density at radius 3 is 2.89 bits per heavy atom. The molecule has 1 N–H and O–H groups in total. The van der Waals surface area contributed by atoms with Crippen molar-refractivity contribution in [3.8, 4) is 0 Å². The minimum atomic E-state index is -3.31. The zero-order chi connectivity index (χ0) is 13.2. The predicted octanol–water partition coefficient (Wildman–Crippen LogP) is 1.28. The lowest BCUT2D eigenvalue weighted by atomic mass is 10.1. The first-order valence-corrected chi connectivity index (χ1v) is 7.80. The zero-order valence-electron chi connectivity index (χ0n) is 10.5. The van der Waals surface area contributed by atoms with Crippen molar-refractivity contribution in [3.63, 3.8) is 0 Å². The van der Waals surface area contributed by atoms with E-state index >= 15 is 0 Å². The van der Waals surface area contributed by atoms with Gasteiger partial charge in [-0.25, -0.2) is 8.42 Å². The summed E-state index contributed by atoms with van der Waals surface area (Å²) in [5.74, 6) is 0.0153. The van der Waals surface area contributed by atoms with Crippen LogP contribution in [0.4, 0.5) is 0 Å². The molecular weight excluding hydrogens is 250 g/mol. The van der Waals surface area contributed by atoms with Gasteiger partial charge in [-0.1, -0.05) is 29.8 Å².